The number of hydrogen-bond acceptors (Lipinski definition) is 2. The molecule has 0 spiro atoms. The van der Waals surface area contributed by atoms with Crippen LogP contribution in [0.3, 0.4) is 0 Å². The van der Waals surface area contributed by atoms with Crippen molar-refractivity contribution in [2.24, 2.45) is 0 Å². The van der Waals surface area contributed by atoms with Crippen molar-refractivity contribution in [1.82, 2.24) is 9.55 Å². The van der Waals surface area contributed by atoms with Crippen molar-refractivity contribution < 1.29 is 0 Å². The van der Waals surface area contributed by atoms with Gasteiger partial charge in [0.2, 0.25) is 5.95 Å². The number of imidazole rings is 1. The molecule has 0 saturated heterocycles. The molecule has 0 unspecified atom stereocenters. The lowest BCUT2D eigenvalue weighted by molar-refractivity contribution is 0.634. The van der Waals surface area contributed by atoms with Crippen molar-refractivity contribution in [3.8, 4) is 0 Å². The summed E-state index contributed by atoms with van der Waals surface area (Å²) < 4.78 is 2.25. The van der Waals surface area contributed by atoms with E-state index in [1.54, 1.807) is 0 Å². The van der Waals surface area contributed by atoms with Gasteiger partial charge < -0.3 is 9.88 Å². The molecule has 3 nitrogen and oxygen atoms in total. The summed E-state index contributed by atoms with van der Waals surface area (Å²) in [6.45, 7) is 5.37. The molecule has 3 heteroatoms. The van der Waals surface area contributed by atoms with Gasteiger partial charge in [0.1, 0.15) is 0 Å². The number of anilines is 1. The van der Waals surface area contributed by atoms with Crippen LogP contribution in [0.25, 0.3) is 0 Å². The van der Waals surface area contributed by atoms with Gasteiger partial charge in [0.05, 0.1) is 5.69 Å². The van der Waals surface area contributed by atoms with E-state index in [1.807, 2.05) is 0 Å². The minimum Gasteiger partial charge on any atom is -0.353 e. The van der Waals surface area contributed by atoms with Gasteiger partial charge in [-0.05, 0) is 26.2 Å². The Kier molecular flexibility index (Phi) is 2.75. The first-order valence-corrected chi connectivity index (χ1v) is 5.60. The number of aromatic nitrogens is 2. The summed E-state index contributed by atoms with van der Waals surface area (Å²) in [5.74, 6) is 1.07. The van der Waals surface area contributed by atoms with Gasteiger partial charge in [-0.15, -0.1) is 0 Å². The van der Waals surface area contributed by atoms with E-state index >= 15 is 0 Å². The normalized spacial score (nSPS) is 15.9. The maximum atomic E-state index is 4.50. The van der Waals surface area contributed by atoms with Crippen LogP contribution in [0.15, 0.2) is 6.20 Å². The third-order valence-electron chi connectivity index (χ3n) is 2.56. The topological polar surface area (TPSA) is 29.9 Å². The molecule has 0 bridgehead atoms. The minimum absolute atomic E-state index is 0.692. The molecule has 0 atom stereocenters. The van der Waals surface area contributed by atoms with Crippen LogP contribution < -0.4 is 5.32 Å². The summed E-state index contributed by atoms with van der Waals surface area (Å²) in [5.41, 5.74) is 1.12. The zero-order chi connectivity index (χ0) is 9.97. The second-order valence-electron chi connectivity index (χ2n) is 4.17. The Morgan fingerprint density at radius 3 is 3.00 bits per heavy atom. The van der Waals surface area contributed by atoms with Crippen molar-refractivity contribution in [3.05, 3.63) is 11.9 Å². The van der Waals surface area contributed by atoms with E-state index in [1.165, 1.54) is 25.7 Å². The number of aryl methyl sites for hydroxylation is 2. The van der Waals surface area contributed by atoms with Crippen molar-refractivity contribution in [2.45, 2.75) is 52.1 Å². The highest BCUT2D eigenvalue weighted by molar-refractivity contribution is 5.31. The predicted octanol–water partition coefficient (Wildman–Crippen LogP) is 2.57. The Morgan fingerprint density at radius 2 is 2.36 bits per heavy atom. The lowest BCUT2D eigenvalue weighted by atomic mass is 10.3. The molecule has 1 heterocycles. The Balaban J connectivity index is 2.02. The summed E-state index contributed by atoms with van der Waals surface area (Å²) >= 11 is 0. The first-order valence-electron chi connectivity index (χ1n) is 5.60. The van der Waals surface area contributed by atoms with Gasteiger partial charge in [0.25, 0.3) is 0 Å². The first kappa shape index (κ1) is 9.56. The average Bonchev–Trinajstić information content (AvgIpc) is 2.88. The second-order valence-corrected chi connectivity index (χ2v) is 4.17. The lowest BCUT2D eigenvalue weighted by Gasteiger charge is -2.07. The summed E-state index contributed by atoms with van der Waals surface area (Å²) in [6.07, 6.45) is 7.22. The third-order valence-corrected chi connectivity index (χ3v) is 2.56. The van der Waals surface area contributed by atoms with E-state index in [9.17, 15) is 0 Å². The fourth-order valence-electron chi connectivity index (χ4n) is 1.57. The summed E-state index contributed by atoms with van der Waals surface area (Å²) in [6, 6.07) is 0.692. The number of rotatable bonds is 5. The van der Waals surface area contributed by atoms with Crippen LogP contribution in [0.2, 0.25) is 0 Å². The largest absolute Gasteiger partial charge is 0.353 e. The van der Waals surface area contributed by atoms with Crippen molar-refractivity contribution in [1.29, 1.82) is 0 Å². The third kappa shape index (κ3) is 2.28. The second kappa shape index (κ2) is 4.03. The molecule has 1 saturated carbocycles. The maximum Gasteiger partial charge on any atom is 0.203 e. The standard InChI is InChI=1S/C11H19N3/c1-3-4-7-14-8-9(2)12-11(14)13-10-5-6-10/h8,10H,3-7H2,1-2H3,(H,12,13). The van der Waals surface area contributed by atoms with Gasteiger partial charge in [-0.1, -0.05) is 13.3 Å². The fraction of sp³-hybridized carbons (Fsp3) is 0.727. The van der Waals surface area contributed by atoms with Crippen LogP contribution >= 0.6 is 0 Å². The van der Waals surface area contributed by atoms with Gasteiger partial charge in [-0.2, -0.15) is 0 Å². The van der Waals surface area contributed by atoms with E-state index < -0.39 is 0 Å². The molecule has 0 amide bonds. The fourth-order valence-corrected chi connectivity index (χ4v) is 1.57. The molecular weight excluding hydrogens is 174 g/mol. The van der Waals surface area contributed by atoms with Crippen molar-refractivity contribution in [2.75, 3.05) is 5.32 Å². The highest BCUT2D eigenvalue weighted by atomic mass is 15.2. The minimum atomic E-state index is 0.692. The van der Waals surface area contributed by atoms with E-state index in [4.69, 9.17) is 0 Å². The van der Waals surface area contributed by atoms with Gasteiger partial charge in [0, 0.05) is 18.8 Å². The molecule has 1 N–H and O–H groups in total. The van der Waals surface area contributed by atoms with E-state index in [0.29, 0.717) is 6.04 Å². The molecular formula is C11H19N3. The summed E-state index contributed by atoms with van der Waals surface area (Å²) in [7, 11) is 0. The highest BCUT2D eigenvalue weighted by Crippen LogP contribution is 2.24. The van der Waals surface area contributed by atoms with E-state index in [2.05, 4.69) is 34.9 Å². The summed E-state index contributed by atoms with van der Waals surface area (Å²) in [4.78, 5) is 4.50. The lowest BCUT2D eigenvalue weighted by Crippen LogP contribution is -2.08. The number of hydrogen-bond donors (Lipinski definition) is 1. The van der Waals surface area contributed by atoms with Crippen LogP contribution in [0, 0.1) is 6.92 Å². The molecule has 78 valence electrons. The Morgan fingerprint density at radius 1 is 1.57 bits per heavy atom. The zero-order valence-corrected chi connectivity index (χ0v) is 9.08. The molecule has 1 aromatic heterocycles. The van der Waals surface area contributed by atoms with Crippen LogP contribution in [-0.2, 0) is 6.54 Å². The van der Waals surface area contributed by atoms with Gasteiger partial charge >= 0.3 is 0 Å². The molecule has 1 aliphatic carbocycles. The first-order chi connectivity index (χ1) is 6.79. The molecule has 1 aromatic rings. The maximum absolute atomic E-state index is 4.50. The van der Waals surface area contributed by atoms with Crippen LogP contribution in [0.5, 0.6) is 0 Å². The Labute approximate surface area is 85.5 Å². The molecule has 14 heavy (non-hydrogen) atoms. The predicted molar refractivity (Wildman–Crippen MR) is 58.5 cm³/mol. The SMILES string of the molecule is CCCCn1cc(C)nc1NC1CC1. The van der Waals surface area contributed by atoms with Crippen LogP contribution in [-0.4, -0.2) is 15.6 Å². The molecule has 1 fully saturated rings. The molecule has 0 aromatic carbocycles. The monoisotopic (exact) mass is 193 g/mol. The van der Waals surface area contributed by atoms with E-state index in [0.717, 1.165) is 18.2 Å². The van der Waals surface area contributed by atoms with Gasteiger partial charge in [0.15, 0.2) is 0 Å². The summed E-state index contributed by atoms with van der Waals surface area (Å²) in [5, 5.41) is 3.47. The average molecular weight is 193 g/mol. The van der Waals surface area contributed by atoms with Crippen LogP contribution in [0.4, 0.5) is 5.95 Å². The Hall–Kier alpha value is -0.990. The number of nitrogens with one attached hydrogen (secondary N) is 1. The highest BCUT2D eigenvalue weighted by Gasteiger charge is 2.22. The molecule has 0 aliphatic heterocycles. The molecule has 2 rings (SSSR count). The van der Waals surface area contributed by atoms with E-state index in [-0.39, 0.29) is 0 Å². The zero-order valence-electron chi connectivity index (χ0n) is 9.08. The molecule has 1 aliphatic rings. The molecule has 0 radical (unpaired) electrons. The Bertz CT molecular complexity index is 299. The smallest absolute Gasteiger partial charge is 0.203 e. The van der Waals surface area contributed by atoms with Crippen LogP contribution in [0.1, 0.15) is 38.3 Å². The van der Waals surface area contributed by atoms with Crippen molar-refractivity contribution >= 4 is 5.95 Å². The number of nitrogens with zero attached hydrogens (tertiary/aromatic N) is 2. The van der Waals surface area contributed by atoms with Gasteiger partial charge in [-0.25, -0.2) is 4.98 Å². The van der Waals surface area contributed by atoms with Gasteiger partial charge in [-0.3, -0.25) is 0 Å². The van der Waals surface area contributed by atoms with Crippen molar-refractivity contribution in [3.63, 3.8) is 0 Å². The number of unbranched alkanes of at least 4 members (excludes halogenated alkanes) is 1. The quantitative estimate of drug-likeness (QED) is 0.779.